The second kappa shape index (κ2) is 5.20. The molecule has 2 aromatic carbocycles. The van der Waals surface area contributed by atoms with Crippen LogP contribution in [0, 0.1) is 0 Å². The fraction of sp³-hybridized carbons (Fsp3) is 0.0625. The summed E-state index contributed by atoms with van der Waals surface area (Å²) in [5.74, 6) is 1.25. The van der Waals surface area contributed by atoms with Crippen molar-refractivity contribution >= 4 is 32.5 Å². The molecule has 7 heteroatoms. The van der Waals surface area contributed by atoms with E-state index in [1.54, 1.807) is 7.11 Å². The molecule has 0 atom stereocenters. The average molecular weight is 371 g/mol. The number of halogens is 1. The molecule has 0 aliphatic carbocycles. The molecule has 0 unspecified atom stereocenters. The molecule has 1 N–H and O–H groups in total. The number of nitrogens with zero attached hydrogens (tertiary/aromatic N) is 3. The Hall–Kier alpha value is -2.67. The third kappa shape index (κ3) is 2.29. The highest BCUT2D eigenvalue weighted by Gasteiger charge is 2.12. The quantitative estimate of drug-likeness (QED) is 0.588. The highest BCUT2D eigenvalue weighted by Crippen LogP contribution is 2.23. The van der Waals surface area contributed by atoms with Gasteiger partial charge in [-0.15, -0.1) is 5.10 Å². The van der Waals surface area contributed by atoms with Crippen LogP contribution in [-0.4, -0.2) is 26.7 Å². The minimum Gasteiger partial charge on any atom is -0.497 e. The molecule has 0 saturated carbocycles. The zero-order valence-corrected chi connectivity index (χ0v) is 13.7. The summed E-state index contributed by atoms with van der Waals surface area (Å²) in [5.41, 5.74) is 1.74. The van der Waals surface area contributed by atoms with Crippen molar-refractivity contribution in [1.82, 2.24) is 19.6 Å². The number of rotatable bonds is 2. The van der Waals surface area contributed by atoms with Crippen LogP contribution < -0.4 is 10.4 Å². The van der Waals surface area contributed by atoms with E-state index in [1.807, 2.05) is 42.5 Å². The molecule has 0 spiro atoms. The van der Waals surface area contributed by atoms with E-state index in [0.717, 1.165) is 21.2 Å². The van der Waals surface area contributed by atoms with Crippen molar-refractivity contribution in [1.29, 1.82) is 0 Å². The molecule has 0 amide bonds. The first-order chi connectivity index (χ1) is 11.2. The first-order valence-electron chi connectivity index (χ1n) is 6.88. The Bertz CT molecular complexity index is 1080. The van der Waals surface area contributed by atoms with Gasteiger partial charge in [-0.25, -0.2) is 9.78 Å². The van der Waals surface area contributed by atoms with E-state index in [2.05, 4.69) is 31.0 Å². The van der Waals surface area contributed by atoms with Crippen LogP contribution >= 0.6 is 15.9 Å². The lowest BCUT2D eigenvalue weighted by atomic mass is 10.2. The van der Waals surface area contributed by atoms with Crippen LogP contribution in [0.2, 0.25) is 0 Å². The van der Waals surface area contributed by atoms with Crippen LogP contribution in [0.5, 0.6) is 5.75 Å². The predicted molar refractivity (Wildman–Crippen MR) is 90.8 cm³/mol. The minimum absolute atomic E-state index is 0.321. The smallest absolute Gasteiger partial charge is 0.348 e. The zero-order chi connectivity index (χ0) is 16.0. The van der Waals surface area contributed by atoms with Crippen molar-refractivity contribution in [2.75, 3.05) is 7.11 Å². The topological polar surface area (TPSA) is 72.3 Å². The maximum atomic E-state index is 12.2. The zero-order valence-electron chi connectivity index (χ0n) is 12.1. The SMILES string of the molecule is COc1ccc(-c2nc3c4ccc(Br)cc4[nH]c(=O)n3n2)cc1. The lowest BCUT2D eigenvalue weighted by molar-refractivity contribution is 0.415. The largest absolute Gasteiger partial charge is 0.497 e. The lowest BCUT2D eigenvalue weighted by Crippen LogP contribution is -2.17. The van der Waals surface area contributed by atoms with E-state index in [9.17, 15) is 4.79 Å². The number of aromatic amines is 1. The molecular weight excluding hydrogens is 360 g/mol. The summed E-state index contributed by atoms with van der Waals surface area (Å²) in [5, 5.41) is 5.15. The van der Waals surface area contributed by atoms with E-state index >= 15 is 0 Å². The summed E-state index contributed by atoms with van der Waals surface area (Å²) in [7, 11) is 1.61. The number of hydrogen-bond donors (Lipinski definition) is 1. The summed E-state index contributed by atoms with van der Waals surface area (Å²) < 4.78 is 7.32. The van der Waals surface area contributed by atoms with Crippen molar-refractivity contribution in [2.24, 2.45) is 0 Å². The molecule has 0 aliphatic heterocycles. The van der Waals surface area contributed by atoms with E-state index in [4.69, 9.17) is 4.74 Å². The fourth-order valence-electron chi connectivity index (χ4n) is 2.47. The number of hydrogen-bond acceptors (Lipinski definition) is 4. The van der Waals surface area contributed by atoms with Crippen molar-refractivity contribution < 1.29 is 4.74 Å². The number of aromatic nitrogens is 4. The molecule has 0 bridgehead atoms. The Kier molecular flexibility index (Phi) is 3.16. The third-order valence-electron chi connectivity index (χ3n) is 3.61. The van der Waals surface area contributed by atoms with Crippen molar-refractivity contribution in [3.63, 3.8) is 0 Å². The third-order valence-corrected chi connectivity index (χ3v) is 4.11. The fourth-order valence-corrected chi connectivity index (χ4v) is 2.83. The van der Waals surface area contributed by atoms with Crippen LogP contribution in [0.15, 0.2) is 51.7 Å². The van der Waals surface area contributed by atoms with Gasteiger partial charge in [-0.05, 0) is 42.5 Å². The highest BCUT2D eigenvalue weighted by atomic mass is 79.9. The second-order valence-electron chi connectivity index (χ2n) is 5.02. The predicted octanol–water partition coefficient (Wildman–Crippen LogP) is 3.01. The lowest BCUT2D eigenvalue weighted by Gasteiger charge is -1.99. The Labute approximate surface area is 138 Å². The van der Waals surface area contributed by atoms with E-state index in [-0.39, 0.29) is 5.69 Å². The molecule has 4 aromatic rings. The second-order valence-corrected chi connectivity index (χ2v) is 5.94. The van der Waals surface area contributed by atoms with Gasteiger partial charge in [0.1, 0.15) is 5.75 Å². The Balaban J connectivity index is 1.97. The number of ether oxygens (including phenoxy) is 1. The summed E-state index contributed by atoms with van der Waals surface area (Å²) in [6.07, 6.45) is 0. The van der Waals surface area contributed by atoms with Crippen LogP contribution in [0.1, 0.15) is 0 Å². The number of fused-ring (bicyclic) bond motifs is 3. The normalized spacial score (nSPS) is 11.2. The average Bonchev–Trinajstić information content (AvgIpc) is 3.01. The Morgan fingerprint density at radius 1 is 1.17 bits per heavy atom. The summed E-state index contributed by atoms with van der Waals surface area (Å²) >= 11 is 3.40. The molecular formula is C16H11BrN4O2. The maximum Gasteiger partial charge on any atom is 0.348 e. The van der Waals surface area contributed by atoms with E-state index < -0.39 is 0 Å². The van der Waals surface area contributed by atoms with Crippen molar-refractivity contribution in [3.05, 3.63) is 57.4 Å². The number of H-pyrrole nitrogens is 1. The molecule has 0 fully saturated rings. The van der Waals surface area contributed by atoms with Gasteiger partial charge in [0.2, 0.25) is 0 Å². The van der Waals surface area contributed by atoms with E-state index in [0.29, 0.717) is 17.0 Å². The maximum absolute atomic E-state index is 12.2. The molecule has 0 aliphatic rings. The van der Waals surface area contributed by atoms with Gasteiger partial charge in [-0.3, -0.25) is 0 Å². The van der Waals surface area contributed by atoms with Gasteiger partial charge >= 0.3 is 5.69 Å². The van der Waals surface area contributed by atoms with Gasteiger partial charge in [0, 0.05) is 15.4 Å². The highest BCUT2D eigenvalue weighted by molar-refractivity contribution is 9.10. The molecule has 6 nitrogen and oxygen atoms in total. The standard InChI is InChI=1S/C16H11BrN4O2/c1-23-11-5-2-9(3-6-11)14-19-15-12-7-4-10(17)8-13(12)18-16(22)21(15)20-14/h2-8H,1H3,(H,18,22). The van der Waals surface area contributed by atoms with Gasteiger partial charge in [0.15, 0.2) is 11.5 Å². The molecule has 2 heterocycles. The molecule has 2 aromatic heterocycles. The first-order valence-corrected chi connectivity index (χ1v) is 7.68. The van der Waals surface area contributed by atoms with Gasteiger partial charge in [-0.1, -0.05) is 15.9 Å². The van der Waals surface area contributed by atoms with Gasteiger partial charge in [0.05, 0.1) is 12.6 Å². The van der Waals surface area contributed by atoms with Crippen LogP contribution in [0.25, 0.3) is 27.9 Å². The molecule has 114 valence electrons. The number of benzene rings is 2. The first kappa shape index (κ1) is 14.0. The molecule has 4 rings (SSSR count). The minimum atomic E-state index is -0.321. The van der Waals surface area contributed by atoms with Crippen LogP contribution in [0.4, 0.5) is 0 Å². The Morgan fingerprint density at radius 2 is 1.96 bits per heavy atom. The van der Waals surface area contributed by atoms with Crippen molar-refractivity contribution in [2.45, 2.75) is 0 Å². The monoisotopic (exact) mass is 370 g/mol. The molecule has 23 heavy (non-hydrogen) atoms. The van der Waals surface area contributed by atoms with E-state index in [1.165, 1.54) is 4.52 Å². The number of methoxy groups -OCH3 is 1. The Morgan fingerprint density at radius 3 is 2.70 bits per heavy atom. The van der Waals surface area contributed by atoms with Gasteiger partial charge < -0.3 is 9.72 Å². The van der Waals surface area contributed by atoms with Gasteiger partial charge in [0.25, 0.3) is 0 Å². The molecule has 0 saturated heterocycles. The summed E-state index contributed by atoms with van der Waals surface area (Å²) in [4.78, 5) is 19.6. The van der Waals surface area contributed by atoms with Gasteiger partial charge in [-0.2, -0.15) is 4.52 Å². The van der Waals surface area contributed by atoms with Crippen LogP contribution in [-0.2, 0) is 0 Å². The summed E-state index contributed by atoms with van der Waals surface area (Å²) in [6.45, 7) is 0. The summed E-state index contributed by atoms with van der Waals surface area (Å²) in [6, 6.07) is 13.0. The van der Waals surface area contributed by atoms with Crippen LogP contribution in [0.3, 0.4) is 0 Å². The van der Waals surface area contributed by atoms with Crippen molar-refractivity contribution in [3.8, 4) is 17.1 Å². The molecule has 0 radical (unpaired) electrons. The number of nitrogens with one attached hydrogen (secondary N) is 1.